The van der Waals surface area contributed by atoms with Crippen LogP contribution in [0.25, 0.3) is 0 Å². The minimum Gasteiger partial charge on any atom is -0.370 e. The van der Waals surface area contributed by atoms with Crippen LogP contribution >= 0.6 is 23.8 Å². The molecule has 0 aliphatic carbocycles. The van der Waals surface area contributed by atoms with Crippen LogP contribution in [0.2, 0.25) is 5.02 Å². The molecular weight excluding hydrogens is 313 g/mol. The molecule has 0 radical (unpaired) electrons. The van der Waals surface area contributed by atoms with Gasteiger partial charge in [0.25, 0.3) is 0 Å². The highest BCUT2D eigenvalue weighted by Gasteiger charge is 2.12. The maximum atomic E-state index is 13.5. The van der Waals surface area contributed by atoms with Gasteiger partial charge in [0.1, 0.15) is 18.9 Å². The molecule has 0 aromatic heterocycles. The van der Waals surface area contributed by atoms with Crippen LogP contribution in [0, 0.1) is 5.82 Å². The third-order valence-corrected chi connectivity index (χ3v) is 3.85. The van der Waals surface area contributed by atoms with Gasteiger partial charge in [-0.25, -0.2) is 4.39 Å². The van der Waals surface area contributed by atoms with Crippen molar-refractivity contribution in [3.63, 3.8) is 0 Å². The summed E-state index contributed by atoms with van der Waals surface area (Å²) in [5, 5.41) is 6.79. The SMILES string of the molecule is Fc1ccc(Cl)cc1NC(=S)NCCC[NH+]1CCOCC1. The first-order valence-corrected chi connectivity index (χ1v) is 7.85. The van der Waals surface area contributed by atoms with Gasteiger partial charge < -0.3 is 20.3 Å². The predicted octanol–water partition coefficient (Wildman–Crippen LogP) is 1.07. The third-order valence-electron chi connectivity index (χ3n) is 3.37. The Morgan fingerprint density at radius 3 is 2.90 bits per heavy atom. The fourth-order valence-electron chi connectivity index (χ4n) is 2.21. The Kier molecular flexibility index (Phi) is 6.63. The number of ether oxygens (including phenoxy) is 1. The summed E-state index contributed by atoms with van der Waals surface area (Å²) >= 11 is 11.0. The number of hydrogen-bond donors (Lipinski definition) is 3. The smallest absolute Gasteiger partial charge is 0.170 e. The summed E-state index contributed by atoms with van der Waals surface area (Å²) in [4.78, 5) is 1.56. The van der Waals surface area contributed by atoms with E-state index in [0.717, 1.165) is 45.8 Å². The van der Waals surface area contributed by atoms with Crippen molar-refractivity contribution in [3.8, 4) is 0 Å². The highest BCUT2D eigenvalue weighted by molar-refractivity contribution is 7.80. The second-order valence-electron chi connectivity index (χ2n) is 4.97. The van der Waals surface area contributed by atoms with Crippen LogP contribution in [0.3, 0.4) is 0 Å². The minimum absolute atomic E-state index is 0.291. The number of hydrogen-bond acceptors (Lipinski definition) is 2. The van der Waals surface area contributed by atoms with Crippen LogP contribution in [-0.2, 0) is 4.74 Å². The minimum atomic E-state index is -0.374. The molecule has 4 nitrogen and oxygen atoms in total. The van der Waals surface area contributed by atoms with Gasteiger partial charge in [-0.3, -0.25) is 0 Å². The zero-order valence-electron chi connectivity index (χ0n) is 11.8. The monoisotopic (exact) mass is 332 g/mol. The second kappa shape index (κ2) is 8.48. The number of halogens is 2. The van der Waals surface area contributed by atoms with Crippen LogP contribution in [0.15, 0.2) is 18.2 Å². The van der Waals surface area contributed by atoms with Crippen LogP contribution < -0.4 is 15.5 Å². The van der Waals surface area contributed by atoms with Crippen molar-refractivity contribution in [2.24, 2.45) is 0 Å². The fraction of sp³-hybridized carbons (Fsp3) is 0.500. The van der Waals surface area contributed by atoms with E-state index in [0.29, 0.717) is 15.8 Å². The van der Waals surface area contributed by atoms with Crippen molar-refractivity contribution < 1.29 is 14.0 Å². The molecular formula is C14H20ClFN3OS+. The Morgan fingerprint density at radius 1 is 1.38 bits per heavy atom. The Balaban J connectivity index is 1.66. The first kappa shape index (κ1) is 16.4. The Hall–Kier alpha value is -0.950. The van der Waals surface area contributed by atoms with Gasteiger partial charge in [0.2, 0.25) is 0 Å². The first-order valence-electron chi connectivity index (χ1n) is 7.06. The average Bonchev–Trinajstić information content (AvgIpc) is 2.48. The summed E-state index contributed by atoms with van der Waals surface area (Å²) in [6, 6.07) is 4.33. The first-order chi connectivity index (χ1) is 10.1. The molecule has 7 heteroatoms. The highest BCUT2D eigenvalue weighted by atomic mass is 35.5. The number of anilines is 1. The molecule has 0 unspecified atom stereocenters. The molecule has 0 amide bonds. The second-order valence-corrected chi connectivity index (χ2v) is 5.82. The molecule has 1 aromatic rings. The number of thiocarbonyl (C=S) groups is 1. The number of rotatable bonds is 5. The van der Waals surface area contributed by atoms with Gasteiger partial charge in [0.15, 0.2) is 5.11 Å². The van der Waals surface area contributed by atoms with Gasteiger partial charge in [0, 0.05) is 18.0 Å². The lowest BCUT2D eigenvalue weighted by Gasteiger charge is -2.23. The number of nitrogens with one attached hydrogen (secondary N) is 3. The van der Waals surface area contributed by atoms with Crippen LogP contribution in [0.1, 0.15) is 6.42 Å². The van der Waals surface area contributed by atoms with E-state index in [4.69, 9.17) is 28.6 Å². The van der Waals surface area contributed by atoms with E-state index in [1.807, 2.05) is 0 Å². The topological polar surface area (TPSA) is 37.7 Å². The van der Waals surface area contributed by atoms with Gasteiger partial charge in [-0.1, -0.05) is 11.6 Å². The van der Waals surface area contributed by atoms with Crippen LogP contribution in [0.4, 0.5) is 10.1 Å². The molecule has 3 N–H and O–H groups in total. The number of benzene rings is 1. The molecule has 1 aliphatic rings. The molecule has 1 aliphatic heterocycles. The van der Waals surface area contributed by atoms with E-state index in [9.17, 15) is 4.39 Å². The fourth-order valence-corrected chi connectivity index (χ4v) is 2.59. The van der Waals surface area contributed by atoms with Gasteiger partial charge in [-0.15, -0.1) is 0 Å². The van der Waals surface area contributed by atoms with Gasteiger partial charge in [-0.2, -0.15) is 0 Å². The normalized spacial score (nSPS) is 15.7. The van der Waals surface area contributed by atoms with E-state index in [1.54, 1.807) is 4.90 Å². The summed E-state index contributed by atoms with van der Waals surface area (Å²) in [6.45, 7) is 5.67. The lowest BCUT2D eigenvalue weighted by atomic mass is 10.3. The predicted molar refractivity (Wildman–Crippen MR) is 86.6 cm³/mol. The number of morpholine rings is 1. The van der Waals surface area contributed by atoms with Crippen molar-refractivity contribution in [1.29, 1.82) is 0 Å². The van der Waals surface area contributed by atoms with E-state index >= 15 is 0 Å². The molecule has 1 aromatic carbocycles. The van der Waals surface area contributed by atoms with Crippen LogP contribution in [0.5, 0.6) is 0 Å². The lowest BCUT2D eigenvalue weighted by Crippen LogP contribution is -3.14. The van der Waals surface area contributed by atoms with Crippen molar-refractivity contribution in [2.75, 3.05) is 44.7 Å². The molecule has 1 saturated heterocycles. The third kappa shape index (κ3) is 5.74. The summed E-state index contributed by atoms with van der Waals surface area (Å²) in [7, 11) is 0. The quantitative estimate of drug-likeness (QED) is 0.557. The van der Waals surface area contributed by atoms with E-state index < -0.39 is 0 Å². The number of quaternary nitrogens is 1. The lowest BCUT2D eigenvalue weighted by molar-refractivity contribution is -0.908. The van der Waals surface area contributed by atoms with Crippen molar-refractivity contribution in [1.82, 2.24) is 5.32 Å². The summed E-state index contributed by atoms with van der Waals surface area (Å²) in [5.74, 6) is -0.374. The highest BCUT2D eigenvalue weighted by Crippen LogP contribution is 2.19. The van der Waals surface area contributed by atoms with Gasteiger partial charge in [-0.05, 0) is 30.4 Å². The molecule has 116 valence electrons. The van der Waals surface area contributed by atoms with Crippen molar-refractivity contribution in [3.05, 3.63) is 29.0 Å². The largest absolute Gasteiger partial charge is 0.370 e. The zero-order chi connectivity index (χ0) is 15.1. The van der Waals surface area contributed by atoms with Gasteiger partial charge >= 0.3 is 0 Å². The average molecular weight is 333 g/mol. The molecule has 21 heavy (non-hydrogen) atoms. The van der Waals surface area contributed by atoms with E-state index in [2.05, 4.69) is 10.6 Å². The Bertz CT molecular complexity index is 483. The summed E-state index contributed by atoms with van der Waals surface area (Å²) in [6.07, 6.45) is 1.01. The summed E-state index contributed by atoms with van der Waals surface area (Å²) in [5.41, 5.74) is 0.291. The molecule has 2 rings (SSSR count). The molecule has 1 fully saturated rings. The van der Waals surface area contributed by atoms with Crippen molar-refractivity contribution in [2.45, 2.75) is 6.42 Å². The Morgan fingerprint density at radius 2 is 2.14 bits per heavy atom. The zero-order valence-corrected chi connectivity index (χ0v) is 13.3. The maximum Gasteiger partial charge on any atom is 0.170 e. The molecule has 0 bridgehead atoms. The molecule has 0 spiro atoms. The maximum absolute atomic E-state index is 13.5. The van der Waals surface area contributed by atoms with E-state index in [1.165, 1.54) is 18.2 Å². The Labute approximate surface area is 134 Å². The van der Waals surface area contributed by atoms with Gasteiger partial charge in [0.05, 0.1) is 25.4 Å². The molecule has 0 saturated carbocycles. The molecule has 1 heterocycles. The van der Waals surface area contributed by atoms with Crippen LogP contribution in [-0.4, -0.2) is 44.5 Å². The van der Waals surface area contributed by atoms with E-state index in [-0.39, 0.29) is 5.82 Å². The molecule has 0 atom stereocenters. The van der Waals surface area contributed by atoms with Crippen molar-refractivity contribution >= 4 is 34.6 Å². The summed E-state index contributed by atoms with van der Waals surface area (Å²) < 4.78 is 18.9. The standard InChI is InChI=1S/C14H19ClFN3OS/c15-11-2-3-12(16)13(10-11)18-14(21)17-4-1-5-19-6-8-20-9-7-19/h2-3,10H,1,4-9H2,(H2,17,18,21)/p+1.